The summed E-state index contributed by atoms with van der Waals surface area (Å²) in [7, 11) is 2.25. The fraction of sp³-hybridized carbons (Fsp3) is 0. The van der Waals surface area contributed by atoms with E-state index >= 15 is 0 Å². The van der Waals surface area contributed by atoms with E-state index in [1.165, 1.54) is 0 Å². The molecule has 0 amide bonds. The molecule has 0 spiro atoms. The summed E-state index contributed by atoms with van der Waals surface area (Å²) in [4.78, 5) is 0. The van der Waals surface area contributed by atoms with Gasteiger partial charge < -0.3 is 0 Å². The molecule has 0 unspecified atom stereocenters. The summed E-state index contributed by atoms with van der Waals surface area (Å²) in [5.74, 6) is 0. The van der Waals surface area contributed by atoms with Gasteiger partial charge in [0.25, 0.3) is 0 Å². The van der Waals surface area contributed by atoms with Gasteiger partial charge in [-0.05, 0) is 0 Å². The SMILES string of the molecule is O=S(#P)Br. The third kappa shape index (κ3) is 12.6. The fourth-order valence-electron chi connectivity index (χ4n) is 0. The molecule has 1 nitrogen and oxygen atoms in total. The van der Waals surface area contributed by atoms with Crippen LogP contribution in [0.1, 0.15) is 0 Å². The summed E-state index contributed by atoms with van der Waals surface area (Å²) in [6, 6.07) is 0. The van der Waals surface area contributed by atoms with Gasteiger partial charge >= 0.3 is 35.0 Å². The van der Waals surface area contributed by atoms with Crippen molar-refractivity contribution in [1.29, 1.82) is 0 Å². The Hall–Kier alpha value is 0.930. The van der Waals surface area contributed by atoms with E-state index < -0.39 is 8.21 Å². The first-order chi connectivity index (χ1) is 1.73. The third-order valence-electron chi connectivity index (χ3n) is 0. The zero-order valence-corrected chi connectivity index (χ0v) is 4.94. The molecule has 0 aliphatic carbocycles. The van der Waals surface area contributed by atoms with Crippen molar-refractivity contribution in [2.75, 3.05) is 0 Å². The van der Waals surface area contributed by atoms with E-state index in [1.54, 1.807) is 0 Å². The summed E-state index contributed by atoms with van der Waals surface area (Å²) >= 11 is 2.61. The summed E-state index contributed by atoms with van der Waals surface area (Å²) in [5, 5.41) is 0. The quantitative estimate of drug-likeness (QED) is 0.385. The minimum absolute atomic E-state index is 1.10. The molecule has 4 heavy (non-hydrogen) atoms. The van der Waals surface area contributed by atoms with Gasteiger partial charge in [-0.3, -0.25) is 0 Å². The average Bonchev–Trinajstić information content (AvgIpc) is 0.811. The number of rotatable bonds is 0. The van der Waals surface area contributed by atoms with E-state index in [4.69, 9.17) is 0 Å². The molecule has 0 saturated heterocycles. The maximum absolute atomic E-state index is 9.34. The minimum atomic E-state index is -1.10. The molecule has 0 N–H and O–H groups in total. The molecule has 0 aliphatic rings. The van der Waals surface area contributed by atoms with E-state index in [0.29, 0.717) is 0 Å². The molecular formula is BrOPS. The van der Waals surface area contributed by atoms with Gasteiger partial charge in [0, 0.05) is 0 Å². The van der Waals surface area contributed by atoms with Crippen LogP contribution in [0.2, 0.25) is 0 Å². The maximum atomic E-state index is 9.34. The molecule has 0 heterocycles. The van der Waals surface area contributed by atoms with Gasteiger partial charge in [0.2, 0.25) is 0 Å². The Morgan fingerprint density at radius 3 is 2.00 bits per heavy atom. The van der Waals surface area contributed by atoms with Gasteiger partial charge in [-0.1, -0.05) is 0 Å². The van der Waals surface area contributed by atoms with Gasteiger partial charge in [0.1, 0.15) is 0 Å². The Balaban J connectivity index is 3.85. The molecule has 0 atom stereocenters. The van der Waals surface area contributed by atoms with Crippen LogP contribution < -0.4 is 0 Å². The molecular weight excluding hydrogens is 159 g/mol. The second-order valence-corrected chi connectivity index (χ2v) is 4.88. The second kappa shape index (κ2) is 2.18. The topological polar surface area (TPSA) is 17.1 Å². The zero-order chi connectivity index (χ0) is 3.58. The second-order valence-electron chi connectivity index (χ2n) is 0.207. The fourth-order valence-corrected chi connectivity index (χ4v) is 0. The van der Waals surface area contributed by atoms with Crippen LogP contribution in [-0.4, -0.2) is 4.21 Å². The van der Waals surface area contributed by atoms with Crippen LogP contribution >= 0.6 is 22.6 Å². The van der Waals surface area contributed by atoms with Crippen LogP contribution in [0.25, 0.3) is 0 Å². The first-order valence-corrected chi connectivity index (χ1v) is 4.55. The molecule has 0 bridgehead atoms. The molecule has 0 rings (SSSR count). The van der Waals surface area contributed by atoms with Crippen LogP contribution in [0, 0.1) is 0 Å². The summed E-state index contributed by atoms with van der Waals surface area (Å²) in [6.07, 6.45) is 0. The van der Waals surface area contributed by atoms with Crippen molar-refractivity contribution in [1.82, 2.24) is 0 Å². The Morgan fingerprint density at radius 2 is 2.00 bits per heavy atom. The van der Waals surface area contributed by atoms with E-state index in [2.05, 4.69) is 22.6 Å². The van der Waals surface area contributed by atoms with E-state index in [0.717, 1.165) is 0 Å². The number of halogens is 1. The van der Waals surface area contributed by atoms with Gasteiger partial charge in [-0.15, -0.1) is 0 Å². The van der Waals surface area contributed by atoms with Gasteiger partial charge in [-0.25, -0.2) is 0 Å². The van der Waals surface area contributed by atoms with Crippen molar-refractivity contribution in [2.45, 2.75) is 0 Å². The molecule has 0 fully saturated rings. The predicted octanol–water partition coefficient (Wildman–Crippen LogP) is 1.37. The Kier molecular flexibility index (Phi) is 2.69. The molecule has 4 heteroatoms. The van der Waals surface area contributed by atoms with E-state index in [-0.39, 0.29) is 0 Å². The van der Waals surface area contributed by atoms with Gasteiger partial charge in [0.15, 0.2) is 0 Å². The molecule has 24 valence electrons. The van der Waals surface area contributed by atoms with Crippen molar-refractivity contribution in [3.05, 3.63) is 0 Å². The summed E-state index contributed by atoms with van der Waals surface area (Å²) in [5.41, 5.74) is 0. The average molecular weight is 159 g/mol. The number of hydrogen-bond acceptors (Lipinski definition) is 1. The molecule has 0 aromatic carbocycles. The van der Waals surface area contributed by atoms with Crippen LogP contribution in [-0.2, 0) is 8.21 Å². The molecule has 0 radical (unpaired) electrons. The summed E-state index contributed by atoms with van der Waals surface area (Å²) < 4.78 is 9.34. The van der Waals surface area contributed by atoms with Gasteiger partial charge in [-0.2, -0.15) is 0 Å². The van der Waals surface area contributed by atoms with E-state index in [9.17, 15) is 4.21 Å². The van der Waals surface area contributed by atoms with Gasteiger partial charge in [0.05, 0.1) is 0 Å². The zero-order valence-electron chi connectivity index (χ0n) is 1.64. The predicted molar refractivity (Wildman–Crippen MR) is 24.0 cm³/mol. The Labute approximate surface area is 35.5 Å². The molecule has 0 saturated carbocycles. The van der Waals surface area contributed by atoms with Crippen LogP contribution in [0.15, 0.2) is 0 Å². The van der Waals surface area contributed by atoms with Crippen LogP contribution in [0.5, 0.6) is 0 Å². The van der Waals surface area contributed by atoms with E-state index in [1.807, 2.05) is 0 Å². The normalized spacial score (nSPS) is 6.00. The van der Waals surface area contributed by atoms with Crippen molar-refractivity contribution >= 4 is 30.8 Å². The third-order valence-corrected chi connectivity index (χ3v) is 0. The first kappa shape index (κ1) is 4.93. The first-order valence-electron chi connectivity index (χ1n) is 0.504. The van der Waals surface area contributed by atoms with Crippen molar-refractivity contribution in [3.63, 3.8) is 0 Å². The van der Waals surface area contributed by atoms with Crippen molar-refractivity contribution in [3.8, 4) is 0 Å². The van der Waals surface area contributed by atoms with Crippen molar-refractivity contribution in [2.24, 2.45) is 0 Å². The van der Waals surface area contributed by atoms with Crippen LogP contribution in [0.3, 0.4) is 0 Å². The molecule has 0 aliphatic heterocycles. The number of hydrogen-bond donors (Lipinski definition) is 0. The monoisotopic (exact) mass is 158 g/mol. The van der Waals surface area contributed by atoms with Crippen LogP contribution in [0.4, 0.5) is 0 Å². The molecule has 0 aromatic heterocycles. The Bertz CT molecular complexity index is 98.2. The van der Waals surface area contributed by atoms with Crippen molar-refractivity contribution < 1.29 is 4.21 Å². The molecule has 0 aromatic rings. The standard InChI is InChI=1S/BrOPS/c1-4(2)3. The summed E-state index contributed by atoms with van der Waals surface area (Å²) in [6.45, 7) is 0. The Morgan fingerprint density at radius 1 is 2.00 bits per heavy atom.